The van der Waals surface area contributed by atoms with Gasteiger partial charge in [-0.25, -0.2) is 0 Å². The second-order valence-corrected chi connectivity index (χ2v) is 5.62. The summed E-state index contributed by atoms with van der Waals surface area (Å²) in [5.74, 6) is -6.26. The fourth-order valence-corrected chi connectivity index (χ4v) is 1.88. The number of hydrogen-bond donors (Lipinski definition) is 3. The summed E-state index contributed by atoms with van der Waals surface area (Å²) in [6.45, 7) is -8.48. The number of nitrogens with zero attached hydrogens (tertiary/aromatic N) is 1. The first-order chi connectivity index (χ1) is 18.2. The lowest BCUT2D eigenvalue weighted by molar-refractivity contribution is -0.137. The van der Waals surface area contributed by atoms with Crippen molar-refractivity contribution in [3.63, 3.8) is 0 Å². The van der Waals surface area contributed by atoms with Gasteiger partial charge in [0.25, 0.3) is 0 Å². The quantitative estimate of drug-likeness (QED) is 0.692. The van der Waals surface area contributed by atoms with Crippen LogP contribution in [0.3, 0.4) is 0 Å². The molecule has 0 saturated heterocycles. The highest BCUT2D eigenvalue weighted by molar-refractivity contribution is 5.93. The first-order valence-electron chi connectivity index (χ1n) is 14.9. The second kappa shape index (κ2) is 8.31. The van der Waals surface area contributed by atoms with Crippen molar-refractivity contribution in [2.24, 2.45) is 5.92 Å². The maximum absolute atomic E-state index is 13.7. The molecule has 0 radical (unpaired) electrons. The van der Waals surface area contributed by atoms with Crippen LogP contribution in [0.2, 0.25) is 0 Å². The number of hydrogen-bond acceptors (Lipinski definition) is 4. The minimum absolute atomic E-state index is 0.717. The van der Waals surface area contributed by atoms with Crippen LogP contribution in [0.15, 0.2) is 24.2 Å². The average Bonchev–Trinajstić information content (AvgIpc) is 2.83. The fourth-order valence-electron chi connectivity index (χ4n) is 1.88. The molecule has 1 aliphatic rings. The molecule has 0 saturated carbocycles. The number of amides is 3. The highest BCUT2D eigenvalue weighted by atomic mass is 16.3. The summed E-state index contributed by atoms with van der Waals surface area (Å²) in [7, 11) is 0. The zero-order valence-corrected chi connectivity index (χ0v) is 13.9. The molecule has 7 heteroatoms. The molecular weight excluding hydrogens is 334 g/mol. The summed E-state index contributed by atoms with van der Waals surface area (Å²) >= 11 is 0. The largest absolute Gasteiger partial charge is 0.383 e. The van der Waals surface area contributed by atoms with Crippen LogP contribution in [0.5, 0.6) is 0 Å². The maximum atomic E-state index is 13.7. The molecule has 1 aliphatic heterocycles. The lowest BCUT2D eigenvalue weighted by Crippen LogP contribution is -2.51. The summed E-state index contributed by atoms with van der Waals surface area (Å²) in [6, 6.07) is -11.4. The lowest BCUT2D eigenvalue weighted by Gasteiger charge is -2.24. The molecule has 7 nitrogen and oxygen atoms in total. The first-order valence-corrected chi connectivity index (χ1v) is 7.43. The first kappa shape index (κ1) is 7.68. The molecule has 0 bridgehead atoms. The molecule has 3 N–H and O–H groups in total. The van der Waals surface area contributed by atoms with Gasteiger partial charge >= 0.3 is 0 Å². The molecule has 0 unspecified atom stereocenters. The van der Waals surface area contributed by atoms with Gasteiger partial charge in [-0.1, -0.05) is 38.0 Å². The highest BCUT2D eigenvalue weighted by Gasteiger charge is 2.32. The minimum Gasteiger partial charge on any atom is -0.383 e. The molecule has 1 aromatic rings. The Morgan fingerprint density at radius 3 is 2.81 bits per heavy atom. The Hall–Kier alpha value is -2.41. The third-order valence-corrected chi connectivity index (χ3v) is 3.34. The molecular formula is C19H27N3O4. The Morgan fingerprint density at radius 2 is 2.15 bits per heavy atom. The Morgan fingerprint density at radius 1 is 1.42 bits per heavy atom. The van der Waals surface area contributed by atoms with E-state index in [0.29, 0.717) is 0 Å². The molecule has 0 aromatic heterocycles. The van der Waals surface area contributed by atoms with Crippen molar-refractivity contribution < 1.29 is 40.1 Å². The Labute approximate surface area is 174 Å². The van der Waals surface area contributed by atoms with Crippen LogP contribution in [0.4, 0.5) is 0 Å². The van der Waals surface area contributed by atoms with Gasteiger partial charge in [-0.15, -0.1) is 0 Å². The van der Waals surface area contributed by atoms with Crippen molar-refractivity contribution in [3.05, 3.63) is 35.3 Å². The van der Waals surface area contributed by atoms with Crippen LogP contribution in [-0.2, 0) is 20.8 Å². The van der Waals surface area contributed by atoms with Gasteiger partial charge in [-0.2, -0.15) is 0 Å². The van der Waals surface area contributed by atoms with Gasteiger partial charge in [-0.3, -0.25) is 14.4 Å². The van der Waals surface area contributed by atoms with Crippen LogP contribution < -0.4 is 10.6 Å². The SMILES string of the molecule is [2H]c1c([2H])c([2H])c2c(c1[2H])C([2H])([2H])C([2H])([2H])N(C([2H])([2H])[2H])C(=O)[C@@]2([2H])NC(=O)[C@@H](NC(=O)[C@@H](O)C(C)C)C([2H])([2H])[2H]. The predicted octanol–water partition coefficient (Wildman–Crippen LogP) is 0.380. The van der Waals surface area contributed by atoms with E-state index in [1.165, 1.54) is 13.8 Å². The second-order valence-electron chi connectivity index (χ2n) is 5.62. The van der Waals surface area contributed by atoms with E-state index < -0.39 is 109 Å². The van der Waals surface area contributed by atoms with Crippen LogP contribution in [-0.4, -0.2) is 53.3 Å². The number of aliphatic hydroxyl groups excluding tert-OH is 1. The Bertz CT molecular complexity index is 1260. The molecule has 26 heavy (non-hydrogen) atoms. The van der Waals surface area contributed by atoms with Gasteiger partial charge < -0.3 is 20.6 Å². The average molecular weight is 377 g/mol. The molecule has 1 heterocycles. The number of benzene rings is 1. The standard InChI is InChI=1S/C19H27N3O4/c1-11(2)16(23)18(25)20-12(3)17(24)21-15-14-8-6-5-7-13(14)9-10-22(4)19(15)26/h5-8,11-12,15-16,23H,9-10H2,1-4H3,(H,20,25)(H,21,24)/t12-,15-,16-/m0/s1/i3D3,4D3,5D,6D,7D,8D,9D2,10D2,15D. The lowest BCUT2D eigenvalue weighted by atomic mass is 9.99. The van der Waals surface area contributed by atoms with E-state index >= 15 is 0 Å². The number of likely N-dealkylation sites (N-methyl/N-ethyl adjacent to an activating group) is 1. The monoisotopic (exact) mass is 376 g/mol. The molecule has 3 amide bonds. The number of fused-ring (bicyclic) bond motifs is 1. The Balaban J connectivity index is 2.97. The molecule has 2 rings (SSSR count). The van der Waals surface area contributed by atoms with Crippen molar-refractivity contribution in [3.8, 4) is 0 Å². The highest BCUT2D eigenvalue weighted by Crippen LogP contribution is 2.24. The van der Waals surface area contributed by atoms with Crippen molar-refractivity contribution in [2.75, 3.05) is 13.5 Å². The number of carbonyl (C=O) groups is 3. The number of rotatable bonds is 5. The Kier molecular flexibility index (Phi) is 2.46. The smallest absolute Gasteiger partial charge is 0.249 e. The van der Waals surface area contributed by atoms with E-state index in [9.17, 15) is 19.5 Å². The summed E-state index contributed by atoms with van der Waals surface area (Å²) in [6.07, 6.45) is -5.58. The van der Waals surface area contributed by atoms with E-state index in [0.717, 1.165) is 0 Å². The van der Waals surface area contributed by atoms with Crippen LogP contribution in [0, 0.1) is 5.92 Å². The molecule has 1 aromatic carbocycles. The summed E-state index contributed by atoms with van der Waals surface area (Å²) in [5, 5.41) is 13.3. The fraction of sp³-hybridized carbons (Fsp3) is 0.526. The van der Waals surface area contributed by atoms with E-state index in [1.807, 2.05) is 0 Å². The van der Waals surface area contributed by atoms with Crippen molar-refractivity contribution in [1.82, 2.24) is 15.5 Å². The van der Waals surface area contributed by atoms with Gasteiger partial charge in [-0.05, 0) is 30.3 Å². The van der Waals surface area contributed by atoms with Crippen molar-refractivity contribution in [1.29, 1.82) is 0 Å². The van der Waals surface area contributed by atoms with Crippen LogP contribution >= 0.6 is 0 Å². The van der Waals surface area contributed by atoms with E-state index in [2.05, 4.69) is 0 Å². The van der Waals surface area contributed by atoms with Crippen LogP contribution in [0.25, 0.3) is 0 Å². The molecule has 0 aliphatic carbocycles. The summed E-state index contributed by atoms with van der Waals surface area (Å²) < 4.78 is 121. The third kappa shape index (κ3) is 4.40. The van der Waals surface area contributed by atoms with Gasteiger partial charge in [0.05, 0.1) is 6.85 Å². The van der Waals surface area contributed by atoms with E-state index in [1.54, 1.807) is 10.6 Å². The molecule has 3 atom stereocenters. The van der Waals surface area contributed by atoms with Crippen LogP contribution in [0.1, 0.15) is 58.4 Å². The van der Waals surface area contributed by atoms with Gasteiger partial charge in [0.2, 0.25) is 17.7 Å². The van der Waals surface area contributed by atoms with Gasteiger partial charge in [0.1, 0.15) is 18.2 Å². The van der Waals surface area contributed by atoms with Gasteiger partial charge in [0, 0.05) is 27.2 Å². The van der Waals surface area contributed by atoms with Gasteiger partial charge in [0.15, 0.2) is 0 Å². The maximum Gasteiger partial charge on any atom is 0.249 e. The topological polar surface area (TPSA) is 98.7 Å². The molecule has 142 valence electrons. The molecule has 0 spiro atoms. The van der Waals surface area contributed by atoms with Crippen molar-refractivity contribution in [2.45, 2.75) is 45.2 Å². The molecule has 0 fully saturated rings. The zero-order valence-electron chi connectivity index (χ0n) is 28.9. The summed E-state index contributed by atoms with van der Waals surface area (Å²) in [4.78, 5) is 38.7. The number of nitrogens with one attached hydrogen (secondary N) is 2. The summed E-state index contributed by atoms with van der Waals surface area (Å²) in [5.41, 5.74) is -2.77. The predicted molar refractivity (Wildman–Crippen MR) is 97.1 cm³/mol. The zero-order chi connectivity index (χ0) is 32.4. The van der Waals surface area contributed by atoms with Crippen molar-refractivity contribution >= 4 is 17.7 Å². The number of carbonyl (C=O) groups excluding carboxylic acids is 3. The minimum atomic E-state index is -3.94. The normalized spacial score (nSPS) is 35.5. The third-order valence-electron chi connectivity index (χ3n) is 3.34. The van der Waals surface area contributed by atoms with E-state index in [4.69, 9.17) is 20.6 Å². The number of aliphatic hydroxyl groups is 1. The van der Waals surface area contributed by atoms with E-state index in [-0.39, 0.29) is 0 Å².